The van der Waals surface area contributed by atoms with Crippen LogP contribution in [0.3, 0.4) is 0 Å². The van der Waals surface area contributed by atoms with E-state index in [-0.39, 0.29) is 36.3 Å². The molecule has 43 heavy (non-hydrogen) atoms. The van der Waals surface area contributed by atoms with Gasteiger partial charge in [0.05, 0.1) is 24.4 Å². The van der Waals surface area contributed by atoms with E-state index in [0.717, 1.165) is 5.56 Å². The Hall–Kier alpha value is -3.71. The third-order valence-corrected chi connectivity index (χ3v) is 12.5. The molecule has 2 heterocycles. The third kappa shape index (κ3) is 8.89. The van der Waals surface area contributed by atoms with E-state index < -0.39 is 20.4 Å². The molecule has 0 aliphatic carbocycles. The van der Waals surface area contributed by atoms with Crippen LogP contribution in [0.1, 0.15) is 67.7 Å². The van der Waals surface area contributed by atoms with E-state index in [1.807, 2.05) is 36.4 Å². The van der Waals surface area contributed by atoms with Gasteiger partial charge in [-0.25, -0.2) is 14.6 Å². The zero-order valence-electron chi connectivity index (χ0n) is 26.0. The van der Waals surface area contributed by atoms with E-state index in [1.165, 1.54) is 0 Å². The molecule has 1 saturated heterocycles. The van der Waals surface area contributed by atoms with E-state index in [4.69, 9.17) is 18.3 Å². The highest BCUT2D eigenvalue weighted by Crippen LogP contribution is 2.44. The fourth-order valence-electron chi connectivity index (χ4n) is 4.50. The Balaban J connectivity index is 1.44. The van der Waals surface area contributed by atoms with Gasteiger partial charge in [0.1, 0.15) is 24.5 Å². The van der Waals surface area contributed by atoms with Gasteiger partial charge >= 0.3 is 11.9 Å². The molecule has 4 atom stereocenters. The molecule has 1 aromatic heterocycles. The zero-order valence-corrected chi connectivity index (χ0v) is 27.0. The van der Waals surface area contributed by atoms with Crippen LogP contribution in [-0.4, -0.2) is 55.5 Å². The Labute approximate surface area is 255 Å². The smallest absolute Gasteiger partial charge is 0.384 e. The van der Waals surface area contributed by atoms with Gasteiger partial charge < -0.3 is 18.3 Å². The van der Waals surface area contributed by atoms with Gasteiger partial charge in [0.15, 0.2) is 8.32 Å². The predicted molar refractivity (Wildman–Crippen MR) is 167 cm³/mol. The Morgan fingerprint density at radius 3 is 2.37 bits per heavy atom. The third-order valence-electron chi connectivity index (χ3n) is 7.99. The maximum atomic E-state index is 12.6. The predicted octanol–water partition coefficient (Wildman–Crippen LogP) is 6.35. The second-order valence-electron chi connectivity index (χ2n) is 12.2. The van der Waals surface area contributed by atoms with Gasteiger partial charge in [-0.05, 0) is 49.2 Å². The number of hydrogen-bond acceptors (Lipinski definition) is 8. The SMILES string of the molecule is CCOC(=O)C#CC(CCc1cnc([C@@H]2[C@H](COC(=O)c3ccccc3)N2Cc2ccccc2)o1)O[Si](C)(C)C(C)(C)C. The van der Waals surface area contributed by atoms with Gasteiger partial charge in [0.25, 0.3) is 0 Å². The Kier molecular flexibility index (Phi) is 10.6. The highest BCUT2D eigenvalue weighted by atomic mass is 28.4. The summed E-state index contributed by atoms with van der Waals surface area (Å²) in [6, 6.07) is 19.0. The molecule has 2 aromatic carbocycles. The molecule has 4 rings (SSSR count). The van der Waals surface area contributed by atoms with Crippen molar-refractivity contribution in [1.29, 1.82) is 0 Å². The van der Waals surface area contributed by atoms with Crippen molar-refractivity contribution >= 4 is 20.3 Å². The molecule has 2 unspecified atom stereocenters. The summed E-state index contributed by atoms with van der Waals surface area (Å²) in [5.74, 6) is 5.98. The van der Waals surface area contributed by atoms with Crippen molar-refractivity contribution in [1.82, 2.24) is 9.88 Å². The normalized spacial score (nSPS) is 18.7. The summed E-state index contributed by atoms with van der Waals surface area (Å²) in [5.41, 5.74) is 1.68. The lowest BCUT2D eigenvalue weighted by Crippen LogP contribution is -2.43. The van der Waals surface area contributed by atoms with Crippen molar-refractivity contribution in [3.05, 3.63) is 89.6 Å². The minimum atomic E-state index is -2.15. The number of aromatic nitrogens is 1. The van der Waals surface area contributed by atoms with Crippen molar-refractivity contribution < 1.29 is 27.9 Å². The molecule has 8 nitrogen and oxygen atoms in total. The van der Waals surface area contributed by atoms with Crippen molar-refractivity contribution in [2.75, 3.05) is 13.2 Å². The number of ether oxygens (including phenoxy) is 2. The van der Waals surface area contributed by atoms with E-state index in [1.54, 1.807) is 25.3 Å². The first kappa shape index (κ1) is 32.2. The van der Waals surface area contributed by atoms with Crippen LogP contribution in [0, 0.1) is 11.8 Å². The van der Waals surface area contributed by atoms with Gasteiger partial charge in [-0.15, -0.1) is 0 Å². The lowest BCUT2D eigenvalue weighted by Gasteiger charge is -2.38. The fraction of sp³-hybridized carbons (Fsp3) is 0.441. The maximum absolute atomic E-state index is 12.6. The molecule has 0 spiro atoms. The molecule has 0 saturated carbocycles. The first-order chi connectivity index (χ1) is 20.5. The molecule has 1 fully saturated rings. The molecule has 3 aromatic rings. The molecule has 0 bridgehead atoms. The van der Waals surface area contributed by atoms with Gasteiger partial charge in [0, 0.05) is 18.9 Å². The largest absolute Gasteiger partial charge is 0.460 e. The van der Waals surface area contributed by atoms with Gasteiger partial charge in [-0.1, -0.05) is 75.2 Å². The fourth-order valence-corrected chi connectivity index (χ4v) is 5.74. The second-order valence-corrected chi connectivity index (χ2v) is 17.0. The number of esters is 2. The monoisotopic (exact) mass is 602 g/mol. The van der Waals surface area contributed by atoms with Crippen LogP contribution in [0.15, 0.2) is 71.3 Å². The number of benzene rings is 2. The lowest BCUT2D eigenvalue weighted by molar-refractivity contribution is -0.136. The van der Waals surface area contributed by atoms with E-state index in [2.05, 4.69) is 67.7 Å². The van der Waals surface area contributed by atoms with Crippen LogP contribution in [0.5, 0.6) is 0 Å². The van der Waals surface area contributed by atoms with Crippen LogP contribution in [0.2, 0.25) is 18.1 Å². The number of carbonyl (C=O) groups excluding carboxylic acids is 2. The molecule has 228 valence electrons. The standard InChI is InChI=1S/C34H42N2O6Si/c1-7-39-30(37)21-20-27(42-43(5,6)34(2,3)4)18-19-28-22-35-32(41-28)31-29(36(31)23-25-14-10-8-11-15-25)24-40-33(38)26-16-12-9-13-17-26/h8-17,22,27,29,31H,7,18-19,23-24H2,1-6H3/t27?,29-,31-,36?/m0/s1. The van der Waals surface area contributed by atoms with Crippen molar-refractivity contribution in [3.63, 3.8) is 0 Å². The van der Waals surface area contributed by atoms with Crippen LogP contribution in [0.25, 0.3) is 0 Å². The summed E-state index contributed by atoms with van der Waals surface area (Å²) >= 11 is 0. The Morgan fingerprint density at radius 2 is 1.72 bits per heavy atom. The number of oxazole rings is 1. The minimum Gasteiger partial charge on any atom is -0.460 e. The molecular formula is C34H42N2O6Si. The van der Waals surface area contributed by atoms with Crippen molar-refractivity contribution in [2.45, 2.75) is 83.4 Å². The number of aryl methyl sites for hydroxylation is 1. The van der Waals surface area contributed by atoms with Gasteiger partial charge in [-0.2, -0.15) is 0 Å². The van der Waals surface area contributed by atoms with Crippen LogP contribution in [0.4, 0.5) is 0 Å². The highest BCUT2D eigenvalue weighted by molar-refractivity contribution is 6.74. The average Bonchev–Trinajstić information content (AvgIpc) is 3.43. The summed E-state index contributed by atoms with van der Waals surface area (Å²) in [7, 11) is -2.15. The molecule has 1 aliphatic rings. The summed E-state index contributed by atoms with van der Waals surface area (Å²) in [4.78, 5) is 31.4. The van der Waals surface area contributed by atoms with Crippen molar-refractivity contribution in [2.24, 2.45) is 0 Å². The lowest BCUT2D eigenvalue weighted by atomic mass is 10.2. The number of nitrogens with zero attached hydrogens (tertiary/aromatic N) is 2. The van der Waals surface area contributed by atoms with Crippen molar-refractivity contribution in [3.8, 4) is 11.8 Å². The van der Waals surface area contributed by atoms with E-state index in [0.29, 0.717) is 36.6 Å². The molecule has 0 radical (unpaired) electrons. The minimum absolute atomic E-state index is 0.0105. The van der Waals surface area contributed by atoms with Crippen LogP contribution >= 0.6 is 0 Å². The number of rotatable bonds is 12. The van der Waals surface area contributed by atoms with Crippen LogP contribution in [-0.2, 0) is 31.7 Å². The Morgan fingerprint density at radius 1 is 1.05 bits per heavy atom. The molecule has 1 aliphatic heterocycles. The molecular weight excluding hydrogens is 560 g/mol. The second kappa shape index (κ2) is 14.2. The number of carbonyl (C=O) groups is 2. The molecule has 9 heteroatoms. The number of hydrogen-bond donors (Lipinski definition) is 0. The molecule has 0 amide bonds. The average molecular weight is 603 g/mol. The summed E-state index contributed by atoms with van der Waals surface area (Å²) in [6.07, 6.45) is 2.38. The first-order valence-corrected chi connectivity index (χ1v) is 17.7. The zero-order chi connectivity index (χ0) is 31.0. The first-order valence-electron chi connectivity index (χ1n) is 14.8. The molecule has 0 N–H and O–H groups in total. The summed E-state index contributed by atoms with van der Waals surface area (Å²) in [6.45, 7) is 13.8. The maximum Gasteiger partial charge on any atom is 0.384 e. The van der Waals surface area contributed by atoms with E-state index in [9.17, 15) is 9.59 Å². The topological polar surface area (TPSA) is 90.9 Å². The summed E-state index contributed by atoms with van der Waals surface area (Å²) in [5, 5.41) is -0.0105. The van der Waals surface area contributed by atoms with Crippen LogP contribution < -0.4 is 0 Å². The highest BCUT2D eigenvalue weighted by Gasteiger charge is 2.52. The van der Waals surface area contributed by atoms with Gasteiger partial charge in [0.2, 0.25) is 5.89 Å². The van der Waals surface area contributed by atoms with E-state index >= 15 is 0 Å². The van der Waals surface area contributed by atoms with Gasteiger partial charge in [-0.3, -0.25) is 4.90 Å². The quantitative estimate of drug-likeness (QED) is 0.0779. The Bertz CT molecular complexity index is 1420. The summed E-state index contributed by atoms with van der Waals surface area (Å²) < 4.78 is 23.5.